The highest BCUT2D eigenvalue weighted by Crippen LogP contribution is 2.31. The lowest BCUT2D eigenvalue weighted by molar-refractivity contribution is -0.137. The van der Waals surface area contributed by atoms with Crippen LogP contribution in [0.1, 0.15) is 55.3 Å². The summed E-state index contributed by atoms with van der Waals surface area (Å²) in [5.41, 5.74) is 2.06. The van der Waals surface area contributed by atoms with Crippen molar-refractivity contribution in [1.82, 2.24) is 15.3 Å². The molecule has 1 aromatic heterocycles. The van der Waals surface area contributed by atoms with Crippen molar-refractivity contribution < 1.29 is 13.2 Å². The van der Waals surface area contributed by atoms with E-state index >= 15 is 0 Å². The molecule has 3 N–H and O–H groups in total. The number of nitrogens with zero attached hydrogens (tertiary/aromatic N) is 3. The van der Waals surface area contributed by atoms with Gasteiger partial charge in [0.25, 0.3) is 0 Å². The third-order valence-electron chi connectivity index (χ3n) is 6.43. The van der Waals surface area contributed by atoms with Gasteiger partial charge in [0.1, 0.15) is 5.82 Å². The van der Waals surface area contributed by atoms with Gasteiger partial charge in [-0.05, 0) is 81.8 Å². The van der Waals surface area contributed by atoms with Crippen LogP contribution in [-0.2, 0) is 19.0 Å². The summed E-state index contributed by atoms with van der Waals surface area (Å²) in [6.07, 6.45) is 3.67. The Labute approximate surface area is 203 Å². The average molecular weight is 493 g/mol. The van der Waals surface area contributed by atoms with E-state index in [0.717, 1.165) is 62.2 Å². The second-order valence-corrected chi connectivity index (χ2v) is 9.68. The van der Waals surface area contributed by atoms with Crippen molar-refractivity contribution >= 4 is 34.8 Å². The molecule has 1 heterocycles. The highest BCUT2D eigenvalue weighted by Gasteiger charge is 2.30. The first-order valence-corrected chi connectivity index (χ1v) is 12.2. The lowest BCUT2D eigenvalue weighted by Crippen LogP contribution is -2.42. The van der Waals surface area contributed by atoms with Crippen LogP contribution < -0.4 is 20.9 Å². The maximum Gasteiger partial charge on any atom is 0.416 e. The van der Waals surface area contributed by atoms with Gasteiger partial charge in [0.05, 0.1) is 11.3 Å². The molecule has 1 saturated carbocycles. The molecule has 0 unspecified atom stereocenters. The first-order valence-electron chi connectivity index (χ1n) is 11.8. The number of benzene rings is 1. The molecule has 0 spiro atoms. The van der Waals surface area contributed by atoms with Crippen molar-refractivity contribution in [2.24, 2.45) is 0 Å². The number of hydrogen-bond donors (Lipinski definition) is 3. The number of aryl methyl sites for hydroxylation is 1. The average Bonchev–Trinajstić information content (AvgIpc) is 2.79. The summed E-state index contributed by atoms with van der Waals surface area (Å²) < 4.78 is 38.8. The van der Waals surface area contributed by atoms with E-state index in [9.17, 15) is 13.2 Å². The molecule has 0 amide bonds. The number of alkyl halides is 3. The molecule has 1 fully saturated rings. The molecule has 0 bridgehead atoms. The fourth-order valence-electron chi connectivity index (χ4n) is 4.70. The SMILES string of the molecule is CN(C)c1nc(N[C@H]2CC[C@@H](NC(=S)Nc3cccc(C(F)(F)F)c3)CC2)nc2c1CCCC2. The molecule has 2 aliphatic carbocycles. The Morgan fingerprint density at radius 3 is 2.44 bits per heavy atom. The molecular formula is C24H31F3N6S. The van der Waals surface area contributed by atoms with E-state index in [4.69, 9.17) is 22.2 Å². The predicted molar refractivity (Wildman–Crippen MR) is 133 cm³/mol. The highest BCUT2D eigenvalue weighted by molar-refractivity contribution is 7.80. The standard InChI is InChI=1S/C24H31F3N6S/c1-33(2)21-19-8-3-4-9-20(19)31-22(32-21)28-16-10-12-17(13-11-16)29-23(34)30-18-7-5-6-15(14-18)24(25,26)27/h5-7,14,16-17H,3-4,8-13H2,1-2H3,(H,28,31,32)(H2,29,30,34)/t16-,17+. The van der Waals surface area contributed by atoms with Gasteiger partial charge in [-0.25, -0.2) is 4.98 Å². The molecule has 184 valence electrons. The molecule has 4 rings (SSSR count). The Morgan fingerprint density at radius 1 is 1.03 bits per heavy atom. The van der Waals surface area contributed by atoms with Gasteiger partial charge in [0.2, 0.25) is 5.95 Å². The number of nitrogens with one attached hydrogen (secondary N) is 3. The fourth-order valence-corrected chi connectivity index (χ4v) is 4.98. The van der Waals surface area contributed by atoms with Gasteiger partial charge < -0.3 is 20.9 Å². The van der Waals surface area contributed by atoms with Crippen LogP contribution in [0.2, 0.25) is 0 Å². The van der Waals surface area contributed by atoms with Crippen molar-refractivity contribution in [3.8, 4) is 0 Å². The van der Waals surface area contributed by atoms with Gasteiger partial charge in [-0.1, -0.05) is 6.07 Å². The summed E-state index contributed by atoms with van der Waals surface area (Å²) in [5.74, 6) is 1.70. The molecule has 0 atom stereocenters. The smallest absolute Gasteiger partial charge is 0.362 e. The Kier molecular flexibility index (Phi) is 7.45. The van der Waals surface area contributed by atoms with Gasteiger partial charge in [-0.2, -0.15) is 18.2 Å². The minimum atomic E-state index is -4.38. The zero-order valence-electron chi connectivity index (χ0n) is 19.5. The van der Waals surface area contributed by atoms with Crippen LogP contribution in [0, 0.1) is 0 Å². The number of hydrogen-bond acceptors (Lipinski definition) is 5. The Morgan fingerprint density at radius 2 is 1.74 bits per heavy atom. The minimum absolute atomic E-state index is 0.172. The molecule has 1 aromatic carbocycles. The third kappa shape index (κ3) is 6.08. The van der Waals surface area contributed by atoms with Gasteiger partial charge in [-0.3, -0.25) is 0 Å². The highest BCUT2D eigenvalue weighted by atomic mass is 32.1. The predicted octanol–water partition coefficient (Wildman–Crippen LogP) is 5.15. The summed E-state index contributed by atoms with van der Waals surface area (Å²) in [6.45, 7) is 0. The quantitative estimate of drug-likeness (QED) is 0.499. The van der Waals surface area contributed by atoms with Crippen molar-refractivity contribution in [3.05, 3.63) is 41.1 Å². The van der Waals surface area contributed by atoms with Crippen LogP contribution in [0.3, 0.4) is 0 Å². The van der Waals surface area contributed by atoms with Gasteiger partial charge in [-0.15, -0.1) is 0 Å². The van der Waals surface area contributed by atoms with E-state index < -0.39 is 11.7 Å². The number of fused-ring (bicyclic) bond motifs is 1. The van der Waals surface area contributed by atoms with E-state index in [0.29, 0.717) is 16.7 Å². The van der Waals surface area contributed by atoms with Crippen LogP contribution >= 0.6 is 12.2 Å². The fraction of sp³-hybridized carbons (Fsp3) is 0.542. The molecular weight excluding hydrogens is 461 g/mol. The molecule has 34 heavy (non-hydrogen) atoms. The first-order chi connectivity index (χ1) is 16.2. The number of anilines is 3. The topological polar surface area (TPSA) is 65.1 Å². The van der Waals surface area contributed by atoms with Gasteiger partial charge in [0.15, 0.2) is 5.11 Å². The van der Waals surface area contributed by atoms with Crippen molar-refractivity contribution in [1.29, 1.82) is 0 Å². The zero-order chi connectivity index (χ0) is 24.3. The lowest BCUT2D eigenvalue weighted by Gasteiger charge is -2.31. The summed E-state index contributed by atoms with van der Waals surface area (Å²) in [5, 5.41) is 9.99. The second-order valence-electron chi connectivity index (χ2n) is 9.27. The molecule has 0 saturated heterocycles. The van der Waals surface area contributed by atoms with E-state index in [-0.39, 0.29) is 12.1 Å². The monoisotopic (exact) mass is 492 g/mol. The molecule has 0 aliphatic heterocycles. The molecule has 2 aliphatic rings. The molecule has 0 radical (unpaired) electrons. The largest absolute Gasteiger partial charge is 0.416 e. The lowest BCUT2D eigenvalue weighted by atomic mass is 9.91. The van der Waals surface area contributed by atoms with Crippen molar-refractivity contribution in [3.63, 3.8) is 0 Å². The van der Waals surface area contributed by atoms with E-state index in [2.05, 4.69) is 20.9 Å². The van der Waals surface area contributed by atoms with E-state index in [1.165, 1.54) is 24.5 Å². The number of halogens is 3. The summed E-state index contributed by atoms with van der Waals surface area (Å²) >= 11 is 5.34. The van der Waals surface area contributed by atoms with Gasteiger partial charge in [0, 0.05) is 37.4 Å². The maximum atomic E-state index is 12.9. The normalized spacial score (nSPS) is 20.3. The van der Waals surface area contributed by atoms with Crippen LogP contribution in [0.25, 0.3) is 0 Å². The summed E-state index contributed by atoms with van der Waals surface area (Å²) in [4.78, 5) is 11.7. The second kappa shape index (κ2) is 10.3. The van der Waals surface area contributed by atoms with Crippen molar-refractivity contribution in [2.75, 3.05) is 29.6 Å². The maximum absolute atomic E-state index is 12.9. The Balaban J connectivity index is 1.29. The number of rotatable bonds is 5. The number of aromatic nitrogens is 2. The van der Waals surface area contributed by atoms with Crippen LogP contribution in [0.4, 0.5) is 30.6 Å². The molecule has 10 heteroatoms. The van der Waals surface area contributed by atoms with E-state index in [1.54, 1.807) is 6.07 Å². The Hall–Kier alpha value is -2.62. The first kappa shape index (κ1) is 24.5. The van der Waals surface area contributed by atoms with Crippen molar-refractivity contribution in [2.45, 2.75) is 69.6 Å². The third-order valence-corrected chi connectivity index (χ3v) is 6.65. The summed E-state index contributed by atoms with van der Waals surface area (Å²) in [7, 11) is 4.04. The Bertz CT molecular complexity index is 1020. The van der Waals surface area contributed by atoms with Gasteiger partial charge >= 0.3 is 6.18 Å². The van der Waals surface area contributed by atoms with E-state index in [1.807, 2.05) is 14.1 Å². The van der Waals surface area contributed by atoms with Crippen LogP contribution in [-0.4, -0.2) is 41.3 Å². The molecule has 2 aromatic rings. The van der Waals surface area contributed by atoms with Crippen LogP contribution in [0.15, 0.2) is 24.3 Å². The van der Waals surface area contributed by atoms with Crippen LogP contribution in [0.5, 0.6) is 0 Å². The summed E-state index contributed by atoms with van der Waals surface area (Å²) in [6, 6.07) is 5.50. The minimum Gasteiger partial charge on any atom is -0.362 e. The zero-order valence-corrected chi connectivity index (χ0v) is 20.3. The number of thiocarbonyl (C=S) groups is 1. The molecule has 6 nitrogen and oxygen atoms in total.